The van der Waals surface area contributed by atoms with Crippen molar-refractivity contribution in [3.63, 3.8) is 0 Å². The molecule has 206 valence electrons. The fourth-order valence-electron chi connectivity index (χ4n) is 4.19. The van der Waals surface area contributed by atoms with E-state index in [2.05, 4.69) is 20.7 Å². The van der Waals surface area contributed by atoms with Gasteiger partial charge in [0.1, 0.15) is 34.8 Å². The molecule has 0 aliphatic carbocycles. The summed E-state index contributed by atoms with van der Waals surface area (Å²) >= 11 is 2.79. The monoisotopic (exact) mass is 581 g/mol. The maximum atomic E-state index is 13.3. The van der Waals surface area contributed by atoms with E-state index in [1.54, 1.807) is 30.5 Å². The number of carbonyl (C=O) groups excluding carboxylic acids is 3. The number of nitrogens with two attached hydrogens (primary N) is 1. The number of fused-ring (bicyclic) bond motifs is 1. The van der Waals surface area contributed by atoms with Crippen molar-refractivity contribution < 1.29 is 24.0 Å². The Bertz CT molecular complexity index is 1450. The standard InChI is InChI=1S/C25H23N7O6S2/c26-19(15-4-2-1-3-5-15)22(33)28-20-23(34)31-21(16(13-40-24(20)31)12-39-18-10-27-30-29-18)25(35)38-11-14-6-8-17(9-7-14)32(36)37/h1-10,19-20,24H,11-13,26H2,(H,28,33)(H,27,29,30)/t19?,20?,24-/m1/s1. The number of hydrogen-bond donors (Lipinski definition) is 3. The van der Waals surface area contributed by atoms with Crippen LogP contribution < -0.4 is 11.1 Å². The van der Waals surface area contributed by atoms with Gasteiger partial charge < -0.3 is 15.8 Å². The first-order valence-electron chi connectivity index (χ1n) is 12.0. The molecule has 1 aromatic heterocycles. The van der Waals surface area contributed by atoms with Crippen molar-refractivity contribution in [1.29, 1.82) is 0 Å². The molecule has 1 fully saturated rings. The first-order valence-corrected chi connectivity index (χ1v) is 14.0. The van der Waals surface area contributed by atoms with Gasteiger partial charge >= 0.3 is 5.97 Å². The van der Waals surface area contributed by atoms with Crippen LogP contribution in [-0.4, -0.2) is 65.9 Å². The molecule has 0 saturated carbocycles. The molecule has 2 aromatic carbocycles. The lowest BCUT2D eigenvalue weighted by Crippen LogP contribution is -2.71. The van der Waals surface area contributed by atoms with Crippen molar-refractivity contribution in [2.75, 3.05) is 11.5 Å². The second-order valence-electron chi connectivity index (χ2n) is 8.85. The van der Waals surface area contributed by atoms with Gasteiger partial charge in [-0.1, -0.05) is 35.5 Å². The molecule has 2 aliphatic rings. The summed E-state index contributed by atoms with van der Waals surface area (Å²) in [6.07, 6.45) is 1.55. The number of rotatable bonds is 10. The highest BCUT2D eigenvalue weighted by Gasteiger charge is 2.54. The number of nitro benzene ring substituents is 1. The van der Waals surface area contributed by atoms with E-state index >= 15 is 0 Å². The van der Waals surface area contributed by atoms with E-state index in [1.165, 1.54) is 52.7 Å². The zero-order valence-electron chi connectivity index (χ0n) is 20.8. The number of benzene rings is 2. The molecule has 2 amide bonds. The summed E-state index contributed by atoms with van der Waals surface area (Å²) < 4.78 is 5.53. The summed E-state index contributed by atoms with van der Waals surface area (Å²) in [5.41, 5.74) is 7.98. The van der Waals surface area contributed by atoms with Crippen LogP contribution in [0.15, 0.2) is 77.1 Å². The van der Waals surface area contributed by atoms with Gasteiger partial charge in [-0.15, -0.1) is 28.6 Å². The molecule has 2 aliphatic heterocycles. The fourth-order valence-corrected chi connectivity index (χ4v) is 6.46. The van der Waals surface area contributed by atoms with E-state index in [0.717, 1.165) is 0 Å². The molecular weight excluding hydrogens is 558 g/mol. The van der Waals surface area contributed by atoms with E-state index in [-0.39, 0.29) is 18.0 Å². The Labute approximate surface area is 236 Å². The van der Waals surface area contributed by atoms with Crippen LogP contribution in [0, 0.1) is 10.1 Å². The number of carbonyl (C=O) groups is 3. The molecule has 3 aromatic rings. The van der Waals surface area contributed by atoms with Gasteiger partial charge in [-0.25, -0.2) is 4.79 Å². The third-order valence-electron chi connectivity index (χ3n) is 6.29. The lowest BCUT2D eigenvalue weighted by Gasteiger charge is -2.49. The summed E-state index contributed by atoms with van der Waals surface area (Å²) in [5.74, 6) is -0.864. The first-order chi connectivity index (χ1) is 19.3. The van der Waals surface area contributed by atoms with Crippen molar-refractivity contribution in [2.24, 2.45) is 5.73 Å². The van der Waals surface area contributed by atoms with Crippen molar-refractivity contribution in [3.05, 3.63) is 93.3 Å². The SMILES string of the molecule is NC(C(=O)NC1C(=O)N2C(C(=O)OCc3ccc([N+](=O)[O-])cc3)=C(CSc3cnn[nH]3)CS[C@H]12)c1ccccc1. The molecule has 1 saturated heterocycles. The number of aromatic nitrogens is 3. The minimum absolute atomic E-state index is 0.0798. The van der Waals surface area contributed by atoms with Gasteiger partial charge in [0.05, 0.1) is 11.1 Å². The average molecular weight is 582 g/mol. The second kappa shape index (κ2) is 11.9. The minimum atomic E-state index is -0.951. The van der Waals surface area contributed by atoms with Crippen LogP contribution in [0.25, 0.3) is 0 Å². The van der Waals surface area contributed by atoms with E-state index in [0.29, 0.717) is 33.2 Å². The van der Waals surface area contributed by atoms with E-state index < -0.39 is 40.2 Å². The Morgan fingerprint density at radius 2 is 2.00 bits per heavy atom. The summed E-state index contributed by atoms with van der Waals surface area (Å²) in [6, 6.07) is 12.7. The molecular formula is C25H23N7O6S2. The van der Waals surface area contributed by atoms with Gasteiger partial charge in [-0.05, 0) is 28.8 Å². The zero-order valence-corrected chi connectivity index (χ0v) is 22.4. The van der Waals surface area contributed by atoms with Crippen molar-refractivity contribution in [3.8, 4) is 0 Å². The molecule has 4 N–H and O–H groups in total. The number of nitrogens with zero attached hydrogens (tertiary/aromatic N) is 4. The molecule has 13 nitrogen and oxygen atoms in total. The van der Waals surface area contributed by atoms with E-state index in [1.807, 2.05) is 6.07 Å². The molecule has 3 heterocycles. The number of hydrogen-bond acceptors (Lipinski definition) is 11. The second-order valence-corrected chi connectivity index (χ2v) is 11.0. The highest BCUT2D eigenvalue weighted by atomic mass is 32.2. The van der Waals surface area contributed by atoms with Crippen LogP contribution in [0.3, 0.4) is 0 Å². The van der Waals surface area contributed by atoms with Gasteiger partial charge in [-0.3, -0.25) is 29.7 Å². The zero-order chi connectivity index (χ0) is 28.2. The van der Waals surface area contributed by atoms with Gasteiger partial charge in [0.15, 0.2) is 0 Å². The number of H-pyrrole nitrogens is 1. The van der Waals surface area contributed by atoms with Crippen LogP contribution in [0.2, 0.25) is 0 Å². The lowest BCUT2D eigenvalue weighted by atomic mass is 10.0. The number of thioether (sulfide) groups is 2. The maximum absolute atomic E-state index is 13.3. The van der Waals surface area contributed by atoms with E-state index in [9.17, 15) is 24.5 Å². The minimum Gasteiger partial charge on any atom is -0.456 e. The predicted octanol–water partition coefficient (Wildman–Crippen LogP) is 1.90. The van der Waals surface area contributed by atoms with Gasteiger partial charge in [0.2, 0.25) is 5.91 Å². The highest BCUT2D eigenvalue weighted by molar-refractivity contribution is 8.01. The topological polar surface area (TPSA) is 186 Å². The summed E-state index contributed by atoms with van der Waals surface area (Å²) in [5, 5.41) is 24.0. The first kappa shape index (κ1) is 27.4. The number of aromatic amines is 1. The number of amides is 2. The Balaban J connectivity index is 1.31. The number of esters is 1. The van der Waals surface area contributed by atoms with Crippen LogP contribution >= 0.6 is 23.5 Å². The van der Waals surface area contributed by atoms with Crippen LogP contribution in [0.5, 0.6) is 0 Å². The number of β-lactam (4-membered cyclic amide) rings is 1. The molecule has 0 bridgehead atoms. The fraction of sp³-hybridized carbons (Fsp3) is 0.240. The quantitative estimate of drug-likeness (QED) is 0.104. The van der Waals surface area contributed by atoms with E-state index in [4.69, 9.17) is 10.5 Å². The molecule has 15 heteroatoms. The number of non-ortho nitro benzene ring substituents is 1. The molecule has 0 radical (unpaired) electrons. The van der Waals surface area contributed by atoms with Crippen LogP contribution in [0.4, 0.5) is 5.69 Å². The van der Waals surface area contributed by atoms with Crippen molar-refractivity contribution >= 4 is 47.0 Å². The molecule has 2 unspecified atom stereocenters. The van der Waals surface area contributed by atoms with Gasteiger partial charge in [0.25, 0.3) is 11.6 Å². The highest BCUT2D eigenvalue weighted by Crippen LogP contribution is 2.42. The van der Waals surface area contributed by atoms with Crippen molar-refractivity contribution in [2.45, 2.75) is 29.1 Å². The molecule has 0 spiro atoms. The van der Waals surface area contributed by atoms with Gasteiger partial charge in [0, 0.05) is 23.6 Å². The Morgan fingerprint density at radius 3 is 2.67 bits per heavy atom. The van der Waals surface area contributed by atoms with Crippen LogP contribution in [0.1, 0.15) is 17.2 Å². The number of nitrogens with one attached hydrogen (secondary N) is 2. The largest absolute Gasteiger partial charge is 0.456 e. The normalized spacial score (nSPS) is 18.9. The summed E-state index contributed by atoms with van der Waals surface area (Å²) in [7, 11) is 0. The third-order valence-corrected chi connectivity index (χ3v) is 8.63. The summed E-state index contributed by atoms with van der Waals surface area (Å²) in [4.78, 5) is 51.2. The molecule has 40 heavy (non-hydrogen) atoms. The van der Waals surface area contributed by atoms with Crippen molar-refractivity contribution in [1.82, 2.24) is 25.6 Å². The van der Waals surface area contributed by atoms with Gasteiger partial charge in [-0.2, -0.15) is 0 Å². The average Bonchev–Trinajstić information content (AvgIpc) is 3.51. The third kappa shape index (κ3) is 5.71. The molecule has 3 atom stereocenters. The smallest absolute Gasteiger partial charge is 0.355 e. The Hall–Kier alpha value is -4.21. The number of ether oxygens (including phenoxy) is 1. The predicted molar refractivity (Wildman–Crippen MR) is 145 cm³/mol. The Kier molecular flexibility index (Phi) is 8.14. The Morgan fingerprint density at radius 1 is 1.25 bits per heavy atom. The van der Waals surface area contributed by atoms with Crippen LogP contribution in [-0.2, 0) is 25.7 Å². The molecule has 5 rings (SSSR count). The maximum Gasteiger partial charge on any atom is 0.355 e. The lowest BCUT2D eigenvalue weighted by molar-refractivity contribution is -0.384. The summed E-state index contributed by atoms with van der Waals surface area (Å²) in [6.45, 7) is -0.142. The number of nitro groups is 1.